The van der Waals surface area contributed by atoms with Gasteiger partial charge in [-0.2, -0.15) is 0 Å². The lowest BCUT2D eigenvalue weighted by molar-refractivity contribution is 0.748. The molecular formula is C16H23N3. The summed E-state index contributed by atoms with van der Waals surface area (Å²) in [6, 6.07) is 6.55. The van der Waals surface area contributed by atoms with Crippen molar-refractivity contribution in [2.75, 3.05) is 25.5 Å². The quantitative estimate of drug-likeness (QED) is 0.808. The molecule has 3 nitrogen and oxygen atoms in total. The van der Waals surface area contributed by atoms with Crippen LogP contribution in [-0.2, 0) is 0 Å². The molecule has 0 spiro atoms. The molecule has 19 heavy (non-hydrogen) atoms. The largest absolute Gasteiger partial charge is 0.384 e. The number of aryl methyl sites for hydroxylation is 3. The van der Waals surface area contributed by atoms with Crippen LogP contribution in [0.2, 0.25) is 0 Å². The molecule has 0 aliphatic heterocycles. The highest BCUT2D eigenvalue weighted by atomic mass is 14.9. The number of pyridine rings is 1. The summed E-state index contributed by atoms with van der Waals surface area (Å²) in [6.07, 6.45) is 1.12. The first-order valence-corrected chi connectivity index (χ1v) is 6.89. The van der Waals surface area contributed by atoms with Crippen molar-refractivity contribution in [3.63, 3.8) is 0 Å². The summed E-state index contributed by atoms with van der Waals surface area (Å²) in [6.45, 7) is 8.33. The molecule has 1 heterocycles. The van der Waals surface area contributed by atoms with Crippen molar-refractivity contribution >= 4 is 16.6 Å². The van der Waals surface area contributed by atoms with Crippen molar-refractivity contribution in [1.82, 2.24) is 10.3 Å². The maximum Gasteiger partial charge on any atom is 0.0755 e. The van der Waals surface area contributed by atoms with Crippen LogP contribution in [0.15, 0.2) is 18.2 Å². The summed E-state index contributed by atoms with van der Waals surface area (Å²) in [5.74, 6) is 0. The fraction of sp³-hybridized carbons (Fsp3) is 0.438. The second-order valence-electron chi connectivity index (χ2n) is 5.17. The molecule has 102 valence electrons. The first-order valence-electron chi connectivity index (χ1n) is 6.89. The molecule has 0 saturated heterocycles. The van der Waals surface area contributed by atoms with Crippen molar-refractivity contribution < 1.29 is 0 Å². The van der Waals surface area contributed by atoms with E-state index in [4.69, 9.17) is 0 Å². The number of benzene rings is 1. The standard InChI is InChI=1S/C16H23N3/c1-11-8-12(2)16-14(9-11)15(10-13(3)19-16)18-7-5-6-17-4/h8-10,17H,5-7H2,1-4H3,(H,18,19). The second-order valence-corrected chi connectivity index (χ2v) is 5.17. The van der Waals surface area contributed by atoms with Gasteiger partial charge in [-0.25, -0.2) is 0 Å². The summed E-state index contributed by atoms with van der Waals surface area (Å²) < 4.78 is 0. The number of rotatable bonds is 5. The number of hydrogen-bond donors (Lipinski definition) is 2. The maximum atomic E-state index is 4.67. The van der Waals surface area contributed by atoms with Crippen LogP contribution >= 0.6 is 0 Å². The van der Waals surface area contributed by atoms with E-state index >= 15 is 0 Å². The van der Waals surface area contributed by atoms with E-state index in [1.165, 1.54) is 22.2 Å². The smallest absolute Gasteiger partial charge is 0.0755 e. The summed E-state index contributed by atoms with van der Waals surface area (Å²) in [5.41, 5.74) is 5.91. The number of anilines is 1. The first-order chi connectivity index (χ1) is 9.11. The number of hydrogen-bond acceptors (Lipinski definition) is 3. The van der Waals surface area contributed by atoms with E-state index < -0.39 is 0 Å². The van der Waals surface area contributed by atoms with Crippen molar-refractivity contribution in [1.29, 1.82) is 0 Å². The highest BCUT2D eigenvalue weighted by Crippen LogP contribution is 2.26. The Morgan fingerprint density at radius 1 is 1.05 bits per heavy atom. The lowest BCUT2D eigenvalue weighted by atomic mass is 10.0. The average Bonchev–Trinajstić information content (AvgIpc) is 2.36. The molecule has 0 saturated carbocycles. The van der Waals surface area contributed by atoms with Crippen LogP contribution < -0.4 is 10.6 Å². The molecular weight excluding hydrogens is 234 g/mol. The van der Waals surface area contributed by atoms with Gasteiger partial charge in [0.1, 0.15) is 0 Å². The Balaban J connectivity index is 2.36. The normalized spacial score (nSPS) is 10.9. The molecule has 2 N–H and O–H groups in total. The van der Waals surface area contributed by atoms with Gasteiger partial charge in [-0.1, -0.05) is 11.6 Å². The van der Waals surface area contributed by atoms with Crippen molar-refractivity contribution in [2.45, 2.75) is 27.2 Å². The minimum Gasteiger partial charge on any atom is -0.384 e. The molecule has 0 aliphatic carbocycles. The van der Waals surface area contributed by atoms with E-state index in [1.807, 2.05) is 7.05 Å². The van der Waals surface area contributed by atoms with E-state index in [1.54, 1.807) is 0 Å². The molecule has 3 heteroatoms. The molecule has 0 unspecified atom stereocenters. The first kappa shape index (κ1) is 13.8. The summed E-state index contributed by atoms with van der Waals surface area (Å²) in [7, 11) is 1.98. The fourth-order valence-electron chi connectivity index (χ4n) is 2.44. The molecule has 0 amide bonds. The van der Waals surface area contributed by atoms with Crippen LogP contribution in [0.3, 0.4) is 0 Å². The van der Waals surface area contributed by atoms with Crippen LogP contribution in [0, 0.1) is 20.8 Å². The van der Waals surface area contributed by atoms with Crippen molar-refractivity contribution in [3.8, 4) is 0 Å². The third-order valence-electron chi connectivity index (χ3n) is 3.30. The van der Waals surface area contributed by atoms with Gasteiger partial charge in [-0.15, -0.1) is 0 Å². The number of nitrogens with zero attached hydrogens (tertiary/aromatic N) is 1. The zero-order valence-corrected chi connectivity index (χ0v) is 12.3. The van der Waals surface area contributed by atoms with Gasteiger partial charge in [0.25, 0.3) is 0 Å². The predicted molar refractivity (Wildman–Crippen MR) is 83.0 cm³/mol. The highest BCUT2D eigenvalue weighted by Gasteiger charge is 2.06. The molecule has 1 aromatic carbocycles. The van der Waals surface area contributed by atoms with E-state index in [2.05, 4.69) is 54.6 Å². The Labute approximate surface area is 115 Å². The zero-order chi connectivity index (χ0) is 13.8. The number of fused-ring (bicyclic) bond motifs is 1. The van der Waals surface area contributed by atoms with Crippen LogP contribution in [0.25, 0.3) is 10.9 Å². The van der Waals surface area contributed by atoms with Crippen LogP contribution in [0.1, 0.15) is 23.2 Å². The summed E-state index contributed by atoms with van der Waals surface area (Å²) in [5, 5.41) is 7.94. The summed E-state index contributed by atoms with van der Waals surface area (Å²) >= 11 is 0. The highest BCUT2D eigenvalue weighted by molar-refractivity contribution is 5.93. The molecule has 0 atom stereocenters. The number of aromatic nitrogens is 1. The van der Waals surface area contributed by atoms with Gasteiger partial charge in [0.15, 0.2) is 0 Å². The molecule has 2 aromatic rings. The Kier molecular flexibility index (Phi) is 4.38. The van der Waals surface area contributed by atoms with E-state index in [0.717, 1.165) is 30.7 Å². The SMILES string of the molecule is CNCCCNc1cc(C)nc2c(C)cc(C)cc12. The van der Waals surface area contributed by atoms with E-state index in [0.29, 0.717) is 0 Å². The molecule has 1 aromatic heterocycles. The Morgan fingerprint density at radius 3 is 2.58 bits per heavy atom. The molecule has 0 aliphatic rings. The minimum atomic E-state index is 0.979. The second kappa shape index (κ2) is 6.02. The monoisotopic (exact) mass is 257 g/mol. The molecule has 2 rings (SSSR count). The minimum absolute atomic E-state index is 0.979. The van der Waals surface area contributed by atoms with Crippen molar-refractivity contribution in [2.24, 2.45) is 0 Å². The predicted octanol–water partition coefficient (Wildman–Crippen LogP) is 3.18. The van der Waals surface area contributed by atoms with E-state index in [9.17, 15) is 0 Å². The zero-order valence-electron chi connectivity index (χ0n) is 12.3. The van der Waals surface area contributed by atoms with Gasteiger partial charge < -0.3 is 10.6 Å². The van der Waals surface area contributed by atoms with Gasteiger partial charge >= 0.3 is 0 Å². The maximum absolute atomic E-state index is 4.67. The molecule has 0 fully saturated rings. The third kappa shape index (κ3) is 3.24. The van der Waals surface area contributed by atoms with Gasteiger partial charge in [-0.3, -0.25) is 4.98 Å². The third-order valence-corrected chi connectivity index (χ3v) is 3.30. The Bertz CT molecular complexity index is 576. The van der Waals surface area contributed by atoms with Gasteiger partial charge in [-0.05, 0) is 58.5 Å². The summed E-state index contributed by atoms with van der Waals surface area (Å²) in [4.78, 5) is 4.67. The van der Waals surface area contributed by atoms with Gasteiger partial charge in [0.2, 0.25) is 0 Å². The lowest BCUT2D eigenvalue weighted by Crippen LogP contribution is -2.13. The molecule has 0 radical (unpaired) electrons. The van der Waals surface area contributed by atoms with Crippen LogP contribution in [0.5, 0.6) is 0 Å². The number of nitrogens with one attached hydrogen (secondary N) is 2. The Morgan fingerprint density at radius 2 is 1.84 bits per heavy atom. The van der Waals surface area contributed by atoms with Gasteiger partial charge in [0, 0.05) is 23.3 Å². The van der Waals surface area contributed by atoms with Crippen LogP contribution in [-0.4, -0.2) is 25.1 Å². The van der Waals surface area contributed by atoms with Crippen LogP contribution in [0.4, 0.5) is 5.69 Å². The lowest BCUT2D eigenvalue weighted by Gasteiger charge is -2.13. The van der Waals surface area contributed by atoms with Gasteiger partial charge in [0.05, 0.1) is 5.52 Å². The Hall–Kier alpha value is -1.61. The fourth-order valence-corrected chi connectivity index (χ4v) is 2.44. The molecule has 0 bridgehead atoms. The topological polar surface area (TPSA) is 37.0 Å². The van der Waals surface area contributed by atoms with Crippen molar-refractivity contribution in [3.05, 3.63) is 35.0 Å². The van der Waals surface area contributed by atoms with E-state index in [-0.39, 0.29) is 0 Å². The average molecular weight is 257 g/mol.